The molecule has 0 saturated carbocycles. The molecule has 0 fully saturated rings. The molecule has 0 atom stereocenters. The van der Waals surface area contributed by atoms with E-state index in [1.54, 1.807) is 13.1 Å². The Balaban J connectivity index is 2.76. The van der Waals surface area contributed by atoms with Crippen LogP contribution in [0.4, 0.5) is 4.39 Å². The molecular weight excluding hydrogens is 259 g/mol. The van der Waals surface area contributed by atoms with Gasteiger partial charge < -0.3 is 15.4 Å². The minimum absolute atomic E-state index is 0.167. The number of rotatable bonds is 5. The summed E-state index contributed by atoms with van der Waals surface area (Å²) in [6.45, 7) is 3.58. The Bertz CT molecular complexity index is 520. The van der Waals surface area contributed by atoms with Crippen molar-refractivity contribution in [1.82, 2.24) is 4.90 Å². The highest BCUT2D eigenvalue weighted by Crippen LogP contribution is 2.11. The fourth-order valence-electron chi connectivity index (χ4n) is 1.56. The number of nitrogens with two attached hydrogens (primary N) is 1. The van der Waals surface area contributed by atoms with Gasteiger partial charge in [0, 0.05) is 25.8 Å². The third-order valence-corrected chi connectivity index (χ3v) is 2.66. The number of nitrogens with zero attached hydrogens (tertiary/aromatic N) is 1. The summed E-state index contributed by atoms with van der Waals surface area (Å²) in [7, 11) is 1.65. The molecular formula is C15H19FN2O2. The maximum atomic E-state index is 13.8. The van der Waals surface area contributed by atoms with Gasteiger partial charge in [0.15, 0.2) is 0 Å². The molecule has 4 nitrogen and oxygen atoms in total. The second-order valence-electron chi connectivity index (χ2n) is 4.12. The highest BCUT2D eigenvalue weighted by Gasteiger charge is 2.13. The summed E-state index contributed by atoms with van der Waals surface area (Å²) in [6.07, 6.45) is 0. The van der Waals surface area contributed by atoms with E-state index in [0.29, 0.717) is 25.3 Å². The van der Waals surface area contributed by atoms with Gasteiger partial charge in [0.05, 0.1) is 18.7 Å². The molecule has 0 aliphatic heterocycles. The largest absolute Gasteiger partial charge is 0.380 e. The van der Waals surface area contributed by atoms with Crippen LogP contribution in [-0.2, 0) is 4.74 Å². The molecule has 0 bridgehead atoms. The molecule has 5 heteroatoms. The van der Waals surface area contributed by atoms with E-state index in [9.17, 15) is 9.18 Å². The highest BCUT2D eigenvalue weighted by molar-refractivity contribution is 5.94. The van der Waals surface area contributed by atoms with Crippen molar-refractivity contribution >= 4 is 5.91 Å². The van der Waals surface area contributed by atoms with Gasteiger partial charge in [-0.2, -0.15) is 0 Å². The van der Waals surface area contributed by atoms with E-state index in [4.69, 9.17) is 10.5 Å². The summed E-state index contributed by atoms with van der Waals surface area (Å²) >= 11 is 0. The second kappa shape index (κ2) is 8.31. The molecule has 0 aromatic heterocycles. The zero-order valence-corrected chi connectivity index (χ0v) is 11.8. The Morgan fingerprint density at radius 1 is 1.50 bits per heavy atom. The number of carbonyl (C=O) groups is 1. The molecule has 0 radical (unpaired) electrons. The van der Waals surface area contributed by atoms with Crippen LogP contribution in [0.1, 0.15) is 22.8 Å². The molecule has 0 unspecified atom stereocenters. The first-order chi connectivity index (χ1) is 9.60. The van der Waals surface area contributed by atoms with Gasteiger partial charge in [-0.25, -0.2) is 4.39 Å². The summed E-state index contributed by atoms with van der Waals surface area (Å²) in [5, 5.41) is 0. The molecule has 1 aromatic rings. The average molecular weight is 278 g/mol. The monoisotopic (exact) mass is 278 g/mol. The molecule has 0 saturated heterocycles. The van der Waals surface area contributed by atoms with Crippen molar-refractivity contribution in [3.05, 3.63) is 35.1 Å². The summed E-state index contributed by atoms with van der Waals surface area (Å²) in [6, 6.07) is 4.24. The lowest BCUT2D eigenvalue weighted by atomic mass is 10.1. The number of likely N-dealkylation sites (N-methyl/N-ethyl adjacent to an activating group) is 1. The van der Waals surface area contributed by atoms with Crippen LogP contribution in [0.5, 0.6) is 0 Å². The van der Waals surface area contributed by atoms with Gasteiger partial charge in [0.2, 0.25) is 0 Å². The van der Waals surface area contributed by atoms with E-state index in [1.807, 2.05) is 6.92 Å². The molecule has 1 aromatic carbocycles. The number of amides is 1. The fourth-order valence-corrected chi connectivity index (χ4v) is 1.56. The third-order valence-electron chi connectivity index (χ3n) is 2.66. The summed E-state index contributed by atoms with van der Waals surface area (Å²) < 4.78 is 18.9. The van der Waals surface area contributed by atoms with Crippen molar-refractivity contribution in [2.75, 3.05) is 33.4 Å². The first-order valence-electron chi connectivity index (χ1n) is 6.41. The van der Waals surface area contributed by atoms with Crippen LogP contribution in [-0.4, -0.2) is 44.2 Å². The zero-order valence-electron chi connectivity index (χ0n) is 11.8. The quantitative estimate of drug-likeness (QED) is 0.651. The van der Waals surface area contributed by atoms with Gasteiger partial charge >= 0.3 is 0 Å². The molecule has 1 rings (SSSR count). The van der Waals surface area contributed by atoms with E-state index in [1.165, 1.54) is 17.0 Å². The molecule has 20 heavy (non-hydrogen) atoms. The minimum Gasteiger partial charge on any atom is -0.380 e. The first-order valence-corrected chi connectivity index (χ1v) is 6.41. The Morgan fingerprint density at radius 2 is 2.25 bits per heavy atom. The van der Waals surface area contributed by atoms with E-state index >= 15 is 0 Å². The lowest BCUT2D eigenvalue weighted by molar-refractivity contribution is 0.0709. The summed E-state index contributed by atoms with van der Waals surface area (Å²) in [4.78, 5) is 13.6. The molecule has 0 heterocycles. The van der Waals surface area contributed by atoms with Gasteiger partial charge in [0.1, 0.15) is 5.82 Å². The standard InChI is InChI=1S/C15H19FN2O2/c1-3-20-10-9-18(2)15(19)13-7-6-12(5-4-8-17)14(16)11-13/h6-7,11H,3,8-10,17H2,1-2H3. The topological polar surface area (TPSA) is 55.6 Å². The van der Waals surface area contributed by atoms with Crippen molar-refractivity contribution in [1.29, 1.82) is 0 Å². The van der Waals surface area contributed by atoms with Crippen LogP contribution >= 0.6 is 0 Å². The van der Waals surface area contributed by atoms with Crippen LogP contribution < -0.4 is 5.73 Å². The van der Waals surface area contributed by atoms with Crippen LogP contribution in [0.15, 0.2) is 18.2 Å². The number of ether oxygens (including phenoxy) is 1. The molecule has 0 aliphatic carbocycles. The van der Waals surface area contributed by atoms with Crippen LogP contribution in [0.2, 0.25) is 0 Å². The fraction of sp³-hybridized carbons (Fsp3) is 0.400. The molecule has 1 amide bonds. The average Bonchev–Trinajstić information content (AvgIpc) is 2.45. The zero-order chi connectivity index (χ0) is 15.0. The Morgan fingerprint density at radius 3 is 2.85 bits per heavy atom. The van der Waals surface area contributed by atoms with Crippen molar-refractivity contribution in [3.8, 4) is 11.8 Å². The van der Waals surface area contributed by atoms with Crippen molar-refractivity contribution < 1.29 is 13.9 Å². The lowest BCUT2D eigenvalue weighted by Gasteiger charge is -2.17. The SMILES string of the molecule is CCOCCN(C)C(=O)c1ccc(C#CCN)c(F)c1. The van der Waals surface area contributed by atoms with Crippen LogP contribution in [0, 0.1) is 17.7 Å². The van der Waals surface area contributed by atoms with Gasteiger partial charge in [-0.3, -0.25) is 4.79 Å². The van der Waals surface area contributed by atoms with Gasteiger partial charge in [0.25, 0.3) is 5.91 Å². The Kier molecular flexibility index (Phi) is 6.71. The number of carbonyl (C=O) groups excluding carboxylic acids is 1. The first kappa shape index (κ1) is 16.2. The molecule has 0 aliphatic rings. The summed E-state index contributed by atoms with van der Waals surface area (Å²) in [5.74, 6) is 4.43. The van der Waals surface area contributed by atoms with Crippen molar-refractivity contribution in [2.45, 2.75) is 6.92 Å². The van der Waals surface area contributed by atoms with Crippen LogP contribution in [0.25, 0.3) is 0 Å². The normalized spacial score (nSPS) is 9.80. The molecule has 2 N–H and O–H groups in total. The van der Waals surface area contributed by atoms with E-state index in [-0.39, 0.29) is 18.0 Å². The maximum Gasteiger partial charge on any atom is 0.253 e. The number of hydrogen-bond donors (Lipinski definition) is 1. The maximum absolute atomic E-state index is 13.8. The smallest absolute Gasteiger partial charge is 0.253 e. The highest BCUT2D eigenvalue weighted by atomic mass is 19.1. The predicted molar refractivity (Wildman–Crippen MR) is 75.8 cm³/mol. The van der Waals surface area contributed by atoms with E-state index < -0.39 is 5.82 Å². The Hall–Kier alpha value is -1.90. The van der Waals surface area contributed by atoms with E-state index in [0.717, 1.165) is 0 Å². The molecule has 108 valence electrons. The van der Waals surface area contributed by atoms with Crippen molar-refractivity contribution in [2.24, 2.45) is 5.73 Å². The Labute approximate surface area is 118 Å². The minimum atomic E-state index is -0.519. The van der Waals surface area contributed by atoms with Crippen LogP contribution in [0.3, 0.4) is 0 Å². The predicted octanol–water partition coefficient (Wildman–Crippen LogP) is 1.24. The second-order valence-corrected chi connectivity index (χ2v) is 4.12. The number of benzene rings is 1. The number of halogens is 1. The van der Waals surface area contributed by atoms with Gasteiger partial charge in [-0.1, -0.05) is 11.8 Å². The van der Waals surface area contributed by atoms with Crippen molar-refractivity contribution in [3.63, 3.8) is 0 Å². The summed E-state index contributed by atoms with van der Waals surface area (Å²) in [5.41, 5.74) is 5.76. The lowest BCUT2D eigenvalue weighted by Crippen LogP contribution is -2.30. The number of hydrogen-bond acceptors (Lipinski definition) is 3. The third kappa shape index (κ3) is 4.65. The molecule has 0 spiro atoms. The van der Waals surface area contributed by atoms with Gasteiger partial charge in [-0.15, -0.1) is 0 Å². The van der Waals surface area contributed by atoms with Gasteiger partial charge in [-0.05, 0) is 25.1 Å². The van der Waals surface area contributed by atoms with E-state index in [2.05, 4.69) is 11.8 Å².